The minimum Gasteiger partial charge on any atom is -0.493 e. The maximum absolute atomic E-state index is 11.8. The summed E-state index contributed by atoms with van der Waals surface area (Å²) in [4.78, 5) is 11.8. The molecule has 7 heteroatoms. The third-order valence-electron chi connectivity index (χ3n) is 2.81. The number of methoxy groups -OCH3 is 3. The summed E-state index contributed by atoms with van der Waals surface area (Å²) in [5.74, 6) is 1.40. The number of hydrogen-bond donors (Lipinski definition) is 2. The first kappa shape index (κ1) is 19.3. The molecule has 0 spiro atoms. The summed E-state index contributed by atoms with van der Waals surface area (Å²) in [5, 5.41) is 5.82. The van der Waals surface area contributed by atoms with Crippen LogP contribution in [0.15, 0.2) is 12.1 Å². The van der Waals surface area contributed by atoms with Crippen molar-refractivity contribution in [2.24, 2.45) is 0 Å². The zero-order valence-corrected chi connectivity index (χ0v) is 13.6. The molecule has 1 rings (SSSR count). The van der Waals surface area contributed by atoms with E-state index in [0.717, 1.165) is 13.0 Å². The zero-order valence-electron chi connectivity index (χ0n) is 12.8. The van der Waals surface area contributed by atoms with Gasteiger partial charge >= 0.3 is 0 Å². The van der Waals surface area contributed by atoms with Crippen LogP contribution in [0.25, 0.3) is 0 Å². The highest BCUT2D eigenvalue weighted by Crippen LogP contribution is 2.42. The van der Waals surface area contributed by atoms with Crippen LogP contribution >= 0.6 is 12.4 Å². The van der Waals surface area contributed by atoms with Crippen LogP contribution in [-0.4, -0.2) is 40.8 Å². The van der Waals surface area contributed by atoms with Gasteiger partial charge in [0.15, 0.2) is 11.5 Å². The van der Waals surface area contributed by atoms with Crippen molar-refractivity contribution in [1.82, 2.24) is 5.32 Å². The molecule has 0 saturated heterocycles. The van der Waals surface area contributed by atoms with Crippen LogP contribution in [0.4, 0.5) is 5.69 Å². The summed E-state index contributed by atoms with van der Waals surface area (Å²) in [5.41, 5.74) is 0.569. The third-order valence-corrected chi connectivity index (χ3v) is 2.81. The molecule has 1 aromatic rings. The molecule has 0 aliphatic heterocycles. The molecular formula is C14H23ClN2O4. The Kier molecular flexibility index (Phi) is 9.32. The average Bonchev–Trinajstić information content (AvgIpc) is 2.46. The van der Waals surface area contributed by atoms with Crippen molar-refractivity contribution in [1.29, 1.82) is 0 Å². The first-order valence-electron chi connectivity index (χ1n) is 6.41. The smallest absolute Gasteiger partial charge is 0.224 e. The standard InChI is InChI=1S/C14H22N2O4.ClH/c1-15-9-5-6-12(17)16-10-7-8-11(18-2)14(20-4)13(10)19-3;/h7-8,15H,5-6,9H2,1-4H3,(H,16,17);1H. The molecule has 0 fully saturated rings. The number of ether oxygens (including phenoxy) is 3. The molecule has 0 radical (unpaired) electrons. The van der Waals surface area contributed by atoms with E-state index >= 15 is 0 Å². The van der Waals surface area contributed by atoms with Gasteiger partial charge in [0.1, 0.15) is 0 Å². The molecule has 1 aromatic carbocycles. The maximum atomic E-state index is 11.8. The fraction of sp³-hybridized carbons (Fsp3) is 0.500. The Morgan fingerprint density at radius 3 is 2.29 bits per heavy atom. The number of benzene rings is 1. The van der Waals surface area contributed by atoms with Gasteiger partial charge in [-0.25, -0.2) is 0 Å². The van der Waals surface area contributed by atoms with E-state index in [1.165, 1.54) is 14.2 Å². The number of rotatable bonds is 8. The molecule has 0 aromatic heterocycles. The number of carbonyl (C=O) groups excluding carboxylic acids is 1. The topological polar surface area (TPSA) is 68.8 Å². The molecule has 0 heterocycles. The Labute approximate surface area is 131 Å². The molecule has 21 heavy (non-hydrogen) atoms. The van der Waals surface area contributed by atoms with Crippen LogP contribution in [0.5, 0.6) is 17.2 Å². The summed E-state index contributed by atoms with van der Waals surface area (Å²) < 4.78 is 15.8. The van der Waals surface area contributed by atoms with E-state index in [1.807, 2.05) is 7.05 Å². The molecular weight excluding hydrogens is 296 g/mol. The number of carbonyl (C=O) groups is 1. The summed E-state index contributed by atoms with van der Waals surface area (Å²) in [6.45, 7) is 0.802. The van der Waals surface area contributed by atoms with E-state index < -0.39 is 0 Å². The van der Waals surface area contributed by atoms with Gasteiger partial charge in [0, 0.05) is 6.42 Å². The van der Waals surface area contributed by atoms with Gasteiger partial charge in [0.2, 0.25) is 11.7 Å². The Bertz CT molecular complexity index is 455. The van der Waals surface area contributed by atoms with Gasteiger partial charge in [-0.15, -0.1) is 12.4 Å². The van der Waals surface area contributed by atoms with E-state index in [0.29, 0.717) is 29.4 Å². The van der Waals surface area contributed by atoms with Crippen LogP contribution in [0.1, 0.15) is 12.8 Å². The number of hydrogen-bond acceptors (Lipinski definition) is 5. The fourth-order valence-corrected chi connectivity index (χ4v) is 1.84. The summed E-state index contributed by atoms with van der Waals surface area (Å²) >= 11 is 0. The third kappa shape index (κ3) is 5.32. The van der Waals surface area contributed by atoms with Gasteiger partial charge in [0.05, 0.1) is 27.0 Å². The van der Waals surface area contributed by atoms with Gasteiger partial charge in [-0.2, -0.15) is 0 Å². The van der Waals surface area contributed by atoms with Crippen molar-refractivity contribution in [2.45, 2.75) is 12.8 Å². The van der Waals surface area contributed by atoms with Crippen molar-refractivity contribution >= 4 is 24.0 Å². The van der Waals surface area contributed by atoms with Crippen LogP contribution in [0.3, 0.4) is 0 Å². The van der Waals surface area contributed by atoms with E-state index in [9.17, 15) is 4.79 Å². The molecule has 0 aliphatic rings. The lowest BCUT2D eigenvalue weighted by molar-refractivity contribution is -0.116. The molecule has 120 valence electrons. The van der Waals surface area contributed by atoms with Crippen LogP contribution in [0.2, 0.25) is 0 Å². The van der Waals surface area contributed by atoms with Crippen LogP contribution in [0, 0.1) is 0 Å². The van der Waals surface area contributed by atoms with E-state index in [4.69, 9.17) is 14.2 Å². The predicted molar refractivity (Wildman–Crippen MR) is 85.1 cm³/mol. The number of amides is 1. The Morgan fingerprint density at radius 1 is 1.10 bits per heavy atom. The minimum atomic E-state index is -0.0641. The Balaban J connectivity index is 0.00000400. The quantitative estimate of drug-likeness (QED) is 0.718. The largest absolute Gasteiger partial charge is 0.493 e. The molecule has 0 saturated carbocycles. The highest BCUT2D eigenvalue weighted by Gasteiger charge is 2.17. The highest BCUT2D eigenvalue weighted by atomic mass is 35.5. The van der Waals surface area contributed by atoms with Gasteiger partial charge in [-0.3, -0.25) is 4.79 Å². The molecule has 6 nitrogen and oxygen atoms in total. The van der Waals surface area contributed by atoms with Gasteiger partial charge < -0.3 is 24.8 Å². The SMILES string of the molecule is CNCCCC(=O)Nc1ccc(OC)c(OC)c1OC.Cl. The van der Waals surface area contributed by atoms with Crippen molar-refractivity contribution in [3.63, 3.8) is 0 Å². The van der Waals surface area contributed by atoms with E-state index in [2.05, 4.69) is 10.6 Å². The molecule has 2 N–H and O–H groups in total. The first-order chi connectivity index (χ1) is 9.67. The molecule has 0 atom stereocenters. The monoisotopic (exact) mass is 318 g/mol. The molecule has 0 aliphatic carbocycles. The Hall–Kier alpha value is -1.66. The van der Waals surface area contributed by atoms with Crippen LogP contribution in [-0.2, 0) is 4.79 Å². The van der Waals surface area contributed by atoms with Crippen molar-refractivity contribution in [2.75, 3.05) is 40.2 Å². The second-order valence-electron chi connectivity index (χ2n) is 4.14. The first-order valence-corrected chi connectivity index (χ1v) is 6.41. The van der Waals surface area contributed by atoms with Crippen LogP contribution < -0.4 is 24.8 Å². The lowest BCUT2D eigenvalue weighted by atomic mass is 10.2. The van der Waals surface area contributed by atoms with E-state index in [1.54, 1.807) is 19.2 Å². The zero-order chi connectivity index (χ0) is 15.0. The highest BCUT2D eigenvalue weighted by molar-refractivity contribution is 5.93. The predicted octanol–water partition coefficient (Wildman–Crippen LogP) is 2.07. The normalized spacial score (nSPS) is 9.52. The van der Waals surface area contributed by atoms with Gasteiger partial charge in [-0.05, 0) is 32.1 Å². The second kappa shape index (κ2) is 10.1. The minimum absolute atomic E-state index is 0. The maximum Gasteiger partial charge on any atom is 0.224 e. The van der Waals surface area contributed by atoms with Crippen molar-refractivity contribution in [3.05, 3.63) is 12.1 Å². The molecule has 1 amide bonds. The summed E-state index contributed by atoms with van der Waals surface area (Å²) in [6.07, 6.45) is 1.22. The average molecular weight is 319 g/mol. The van der Waals surface area contributed by atoms with Gasteiger partial charge in [0.25, 0.3) is 0 Å². The number of anilines is 1. The molecule has 0 unspecified atom stereocenters. The summed E-state index contributed by atoms with van der Waals surface area (Å²) in [6, 6.07) is 3.46. The second-order valence-corrected chi connectivity index (χ2v) is 4.14. The number of halogens is 1. The van der Waals surface area contributed by atoms with E-state index in [-0.39, 0.29) is 18.3 Å². The van der Waals surface area contributed by atoms with Gasteiger partial charge in [-0.1, -0.05) is 0 Å². The lowest BCUT2D eigenvalue weighted by Crippen LogP contribution is -2.15. The number of nitrogens with one attached hydrogen (secondary N) is 2. The fourth-order valence-electron chi connectivity index (χ4n) is 1.84. The summed E-state index contributed by atoms with van der Waals surface area (Å²) in [7, 11) is 6.45. The van der Waals surface area contributed by atoms with Crippen molar-refractivity contribution < 1.29 is 19.0 Å². The lowest BCUT2D eigenvalue weighted by Gasteiger charge is -2.16. The van der Waals surface area contributed by atoms with Crippen molar-refractivity contribution in [3.8, 4) is 17.2 Å². The Morgan fingerprint density at radius 2 is 1.76 bits per heavy atom. The molecule has 0 bridgehead atoms.